The van der Waals surface area contributed by atoms with E-state index in [4.69, 9.17) is 23.7 Å². The van der Waals surface area contributed by atoms with Crippen LogP contribution >= 0.6 is 0 Å². The Morgan fingerprint density at radius 3 is 2.27 bits per heavy atom. The summed E-state index contributed by atoms with van der Waals surface area (Å²) in [6, 6.07) is 8.45. The van der Waals surface area contributed by atoms with E-state index in [1.54, 1.807) is 18.2 Å². The summed E-state index contributed by atoms with van der Waals surface area (Å²) < 4.78 is 28.7. The van der Waals surface area contributed by atoms with Crippen LogP contribution in [-0.4, -0.2) is 43.4 Å². The van der Waals surface area contributed by atoms with Crippen LogP contribution in [0.3, 0.4) is 0 Å². The van der Waals surface area contributed by atoms with Gasteiger partial charge in [0, 0.05) is 18.7 Å². The molecule has 30 heavy (non-hydrogen) atoms. The van der Waals surface area contributed by atoms with E-state index in [1.165, 1.54) is 6.07 Å². The molecule has 0 saturated heterocycles. The average molecular weight is 416 g/mol. The van der Waals surface area contributed by atoms with Gasteiger partial charge in [-0.2, -0.15) is 0 Å². The van der Waals surface area contributed by atoms with Crippen molar-refractivity contribution in [3.05, 3.63) is 41.5 Å². The maximum atomic E-state index is 13.2. The Balaban J connectivity index is 2.05. The lowest BCUT2D eigenvalue weighted by molar-refractivity contribution is -0.0180. The SMILES string of the molecule is CCOc1cc(O)c2c(c1)OC(c1ccc(OCC)c(OCC)c1)C(OCC)C2=O. The topological polar surface area (TPSA) is 83.5 Å². The van der Waals surface area contributed by atoms with E-state index in [0.717, 1.165) is 0 Å². The highest BCUT2D eigenvalue weighted by molar-refractivity contribution is 6.05. The normalized spacial score (nSPS) is 17.8. The summed E-state index contributed by atoms with van der Waals surface area (Å²) in [5.74, 6) is 1.35. The van der Waals surface area contributed by atoms with Crippen molar-refractivity contribution in [1.29, 1.82) is 0 Å². The second kappa shape index (κ2) is 9.71. The summed E-state index contributed by atoms with van der Waals surface area (Å²) in [6.45, 7) is 9.15. The molecule has 1 heterocycles. The highest BCUT2D eigenvalue weighted by Crippen LogP contribution is 2.44. The molecular weight excluding hydrogens is 388 g/mol. The Kier molecular flexibility index (Phi) is 7.05. The number of phenolic OH excluding ortho intramolecular Hbond substituents is 1. The molecule has 1 aliphatic rings. The van der Waals surface area contributed by atoms with Crippen molar-refractivity contribution in [2.24, 2.45) is 0 Å². The number of fused-ring (bicyclic) bond motifs is 1. The van der Waals surface area contributed by atoms with Crippen LogP contribution in [0.15, 0.2) is 30.3 Å². The summed E-state index contributed by atoms with van der Waals surface area (Å²) in [5.41, 5.74) is 0.810. The number of phenols is 1. The van der Waals surface area contributed by atoms with E-state index >= 15 is 0 Å². The monoisotopic (exact) mass is 416 g/mol. The Bertz CT molecular complexity index is 893. The molecule has 2 aromatic rings. The number of carbonyl (C=O) groups is 1. The van der Waals surface area contributed by atoms with Crippen molar-refractivity contribution in [1.82, 2.24) is 0 Å². The molecule has 2 aromatic carbocycles. The van der Waals surface area contributed by atoms with Gasteiger partial charge in [-0.15, -0.1) is 0 Å². The molecule has 0 amide bonds. The summed E-state index contributed by atoms with van der Waals surface area (Å²) in [6.07, 6.45) is -1.62. The third-order valence-electron chi connectivity index (χ3n) is 4.64. The highest BCUT2D eigenvalue weighted by Gasteiger charge is 2.41. The van der Waals surface area contributed by atoms with Crippen LogP contribution in [0.1, 0.15) is 49.7 Å². The lowest BCUT2D eigenvalue weighted by atomic mass is 9.92. The van der Waals surface area contributed by atoms with Crippen molar-refractivity contribution >= 4 is 5.78 Å². The lowest BCUT2D eigenvalue weighted by Gasteiger charge is -2.33. The fraction of sp³-hybridized carbons (Fsp3) is 0.435. The van der Waals surface area contributed by atoms with Gasteiger partial charge >= 0.3 is 0 Å². The van der Waals surface area contributed by atoms with Crippen LogP contribution in [0.5, 0.6) is 28.7 Å². The Labute approximate surface area is 176 Å². The fourth-order valence-electron chi connectivity index (χ4n) is 3.48. The third-order valence-corrected chi connectivity index (χ3v) is 4.64. The molecule has 7 heteroatoms. The number of carbonyl (C=O) groups excluding carboxylic acids is 1. The predicted molar refractivity (Wildman–Crippen MR) is 111 cm³/mol. The van der Waals surface area contributed by atoms with Crippen molar-refractivity contribution in [2.45, 2.75) is 39.9 Å². The van der Waals surface area contributed by atoms with Gasteiger partial charge in [-0.1, -0.05) is 6.07 Å². The number of ether oxygens (including phenoxy) is 5. The first-order valence-electron chi connectivity index (χ1n) is 10.3. The molecule has 1 aliphatic heterocycles. The van der Waals surface area contributed by atoms with Gasteiger partial charge in [-0.05, 0) is 45.4 Å². The maximum absolute atomic E-state index is 13.2. The van der Waals surface area contributed by atoms with E-state index in [-0.39, 0.29) is 22.8 Å². The zero-order valence-corrected chi connectivity index (χ0v) is 17.8. The number of aromatic hydroxyl groups is 1. The number of rotatable bonds is 9. The zero-order chi connectivity index (χ0) is 21.7. The van der Waals surface area contributed by atoms with E-state index in [1.807, 2.05) is 33.8 Å². The molecule has 2 unspecified atom stereocenters. The molecule has 2 atom stereocenters. The molecule has 7 nitrogen and oxygen atoms in total. The maximum Gasteiger partial charge on any atom is 0.203 e. The summed E-state index contributed by atoms with van der Waals surface area (Å²) in [4.78, 5) is 13.2. The molecule has 0 aromatic heterocycles. The Morgan fingerprint density at radius 1 is 0.900 bits per heavy atom. The second-order valence-corrected chi connectivity index (χ2v) is 6.60. The fourth-order valence-corrected chi connectivity index (χ4v) is 3.48. The minimum absolute atomic E-state index is 0.101. The third kappa shape index (κ3) is 4.31. The lowest BCUT2D eigenvalue weighted by Crippen LogP contribution is -2.38. The number of ketones is 1. The molecule has 0 aliphatic carbocycles. The minimum atomic E-state index is -0.904. The first kappa shape index (κ1) is 21.8. The highest BCUT2D eigenvalue weighted by atomic mass is 16.6. The van der Waals surface area contributed by atoms with Gasteiger partial charge < -0.3 is 28.8 Å². The van der Waals surface area contributed by atoms with Crippen LogP contribution in [0.2, 0.25) is 0 Å². The molecule has 0 radical (unpaired) electrons. The van der Waals surface area contributed by atoms with Crippen LogP contribution in [0.4, 0.5) is 0 Å². The summed E-state index contributed by atoms with van der Waals surface area (Å²) in [5, 5.41) is 10.4. The smallest absolute Gasteiger partial charge is 0.203 e. The molecule has 0 bridgehead atoms. The standard InChI is InChI=1S/C23H28O7/c1-5-26-15-12-16(24)20-19(13-15)30-22(23(21(20)25)29-8-4)14-9-10-17(27-6-2)18(11-14)28-7-3/h9-13,22-24H,5-8H2,1-4H3. The van der Waals surface area contributed by atoms with Gasteiger partial charge in [0.1, 0.15) is 22.8 Å². The van der Waals surface area contributed by atoms with E-state index in [0.29, 0.717) is 49.2 Å². The summed E-state index contributed by atoms with van der Waals surface area (Å²) >= 11 is 0. The van der Waals surface area contributed by atoms with E-state index in [9.17, 15) is 9.90 Å². The van der Waals surface area contributed by atoms with Crippen LogP contribution in [-0.2, 0) is 4.74 Å². The number of benzene rings is 2. The quantitative estimate of drug-likeness (QED) is 0.652. The van der Waals surface area contributed by atoms with Crippen LogP contribution < -0.4 is 18.9 Å². The van der Waals surface area contributed by atoms with Crippen LogP contribution in [0.25, 0.3) is 0 Å². The number of hydrogen-bond acceptors (Lipinski definition) is 7. The van der Waals surface area contributed by atoms with Gasteiger partial charge in [0.25, 0.3) is 0 Å². The van der Waals surface area contributed by atoms with E-state index in [2.05, 4.69) is 0 Å². The van der Waals surface area contributed by atoms with E-state index < -0.39 is 12.2 Å². The van der Waals surface area contributed by atoms with Gasteiger partial charge in [0.15, 0.2) is 23.7 Å². The molecule has 0 spiro atoms. The van der Waals surface area contributed by atoms with Gasteiger partial charge in [-0.3, -0.25) is 4.79 Å². The Morgan fingerprint density at radius 2 is 1.60 bits per heavy atom. The molecule has 3 rings (SSSR count). The molecule has 0 saturated carbocycles. The Hall–Kier alpha value is -2.93. The van der Waals surface area contributed by atoms with Crippen molar-refractivity contribution in [3.63, 3.8) is 0 Å². The minimum Gasteiger partial charge on any atom is -0.507 e. The molecule has 0 fully saturated rings. The van der Waals surface area contributed by atoms with Crippen molar-refractivity contribution in [3.8, 4) is 28.7 Å². The molecule has 1 N–H and O–H groups in total. The largest absolute Gasteiger partial charge is 0.507 e. The predicted octanol–water partition coefficient (Wildman–Crippen LogP) is 4.31. The van der Waals surface area contributed by atoms with Crippen molar-refractivity contribution in [2.75, 3.05) is 26.4 Å². The van der Waals surface area contributed by atoms with Crippen LogP contribution in [0, 0.1) is 0 Å². The average Bonchev–Trinajstić information content (AvgIpc) is 2.71. The molecule has 162 valence electrons. The summed E-state index contributed by atoms with van der Waals surface area (Å²) in [7, 11) is 0. The first-order chi connectivity index (χ1) is 14.5. The second-order valence-electron chi connectivity index (χ2n) is 6.60. The van der Waals surface area contributed by atoms with Crippen molar-refractivity contribution < 1.29 is 33.6 Å². The van der Waals surface area contributed by atoms with Gasteiger partial charge in [0.05, 0.1) is 19.8 Å². The zero-order valence-electron chi connectivity index (χ0n) is 17.8. The number of Topliss-reactive ketones (excluding diaryl/α,β-unsaturated/α-hetero) is 1. The van der Waals surface area contributed by atoms with Gasteiger partial charge in [-0.25, -0.2) is 0 Å². The molecular formula is C23H28O7. The first-order valence-corrected chi connectivity index (χ1v) is 10.3. The number of hydrogen-bond donors (Lipinski definition) is 1. The van der Waals surface area contributed by atoms with Gasteiger partial charge in [0.2, 0.25) is 5.78 Å².